The average molecular weight is 1740 g/mol. The Morgan fingerprint density at radius 1 is 0.487 bits per heavy atom. The monoisotopic (exact) mass is 1740 g/mol. The molecule has 0 amide bonds. The Kier molecular flexibility index (Phi) is 25.3. The van der Waals surface area contributed by atoms with Gasteiger partial charge in [0.15, 0.2) is 5.84 Å². The number of amidine groups is 1. The normalized spacial score (nSPS) is 17.2. The zero-order chi connectivity index (χ0) is 84.0. The highest BCUT2D eigenvalue weighted by Gasteiger charge is 2.42. The first kappa shape index (κ1) is 84.6. The van der Waals surface area contributed by atoms with Crippen molar-refractivity contribution >= 4 is 87.8 Å². The molecule has 3 saturated heterocycles. The first-order valence-corrected chi connectivity index (χ1v) is 44.5. The number of nitrogens with zero attached hydrogens (tertiary/aromatic N) is 17. The Morgan fingerprint density at radius 2 is 0.832 bits per heavy atom. The number of sulfonamides is 3. The molecule has 0 unspecified atom stereocenters. The summed E-state index contributed by atoms with van der Waals surface area (Å²) in [4.78, 5) is 46.6. The van der Waals surface area contributed by atoms with Gasteiger partial charge >= 0.3 is 16.7 Å². The molecule has 3 aliphatic heterocycles. The van der Waals surface area contributed by atoms with Crippen LogP contribution in [0.15, 0.2) is 184 Å². The van der Waals surface area contributed by atoms with Crippen LogP contribution in [0.2, 0.25) is 15.1 Å². The van der Waals surface area contributed by atoms with Crippen LogP contribution in [0, 0.1) is 27.6 Å². The predicted molar refractivity (Wildman–Crippen MR) is 452 cm³/mol. The van der Waals surface area contributed by atoms with Crippen LogP contribution in [0.25, 0.3) is 28.5 Å². The molecule has 624 valence electrons. The molecule has 10 aromatic rings. The van der Waals surface area contributed by atoms with Crippen molar-refractivity contribution in [2.24, 2.45) is 27.1 Å². The van der Waals surface area contributed by atoms with Crippen LogP contribution in [0.5, 0.6) is 17.2 Å². The number of nitrogens with one attached hydrogen (secondary N) is 1. The van der Waals surface area contributed by atoms with Crippen LogP contribution in [-0.4, -0.2) is 198 Å². The van der Waals surface area contributed by atoms with Gasteiger partial charge in [0.25, 0.3) is 0 Å². The number of oxime groups is 1. The summed E-state index contributed by atoms with van der Waals surface area (Å²) in [6, 6.07) is 43.0. The van der Waals surface area contributed by atoms with Gasteiger partial charge in [-0.25, -0.2) is 25.3 Å². The minimum atomic E-state index is -3.64. The molecule has 3 saturated carbocycles. The smallest absolute Gasteiger partial charge is 0.316 e. The van der Waals surface area contributed by atoms with Gasteiger partial charge < -0.3 is 39.9 Å². The van der Waals surface area contributed by atoms with Crippen LogP contribution in [-0.2, 0) is 47.3 Å². The first-order valence-electron chi connectivity index (χ1n) is 38.6. The molecule has 3 aliphatic carbocycles. The Balaban J connectivity index is 0.000000147. The standard InChI is InChI=1S/C27H29ClN8O4S.C27H31ClN6O5S.C27H28ClN5O4S/c1-27(8-9-27)18-40-24-23(16-29-36(26(24)37)22-7-3-6-21(28)15-22)34-10-12-35(13-11-34)41(38,39)17-19-4-2-5-20(14-19)25-30-32-33-31-25;1-27(8-9-27)18-39-24-23(16-30-34(26(24)35)22-7-3-6-21(28)15-22)32-10-12-33(13-11-32)40(37,38)17-19-4-2-5-20(14-19)25(29)31-36;1-27(8-9-27)19-37-25-24(17-30-33(26(25)34)23-7-3-6-22(28)15-23)31-10-12-32(13-11-31)38(35,36)18-21-5-2-4-20(14-21)16-29/h2-7,14-16H,8-13,17-18H2,1H3,(H,30,31,32,33);2-7,14-16,36H,8-13,17-18H2,1H3,(H2,29,31);2-7,14-15,17H,8-13,18-19H2,1H3. The summed E-state index contributed by atoms with van der Waals surface area (Å²) in [6.07, 6.45) is 11.1. The maximum Gasteiger partial charge on any atom is 0.316 e. The molecule has 16 rings (SSSR count). The molecule has 38 heteroatoms. The van der Waals surface area contributed by atoms with E-state index >= 15 is 0 Å². The largest absolute Gasteiger partial charge is 0.486 e. The van der Waals surface area contributed by atoms with E-state index in [9.17, 15) is 39.6 Å². The minimum absolute atomic E-state index is 0.0473. The molecule has 4 aromatic heterocycles. The maximum absolute atomic E-state index is 13.6. The molecule has 0 bridgehead atoms. The summed E-state index contributed by atoms with van der Waals surface area (Å²) >= 11 is 18.4. The lowest BCUT2D eigenvalue weighted by Gasteiger charge is -2.35. The van der Waals surface area contributed by atoms with E-state index < -0.39 is 35.6 Å². The molecular formula is C81H88Cl3N19O13S3. The van der Waals surface area contributed by atoms with Crippen LogP contribution < -0.4 is 51.3 Å². The second-order valence-electron chi connectivity index (χ2n) is 31.3. The van der Waals surface area contributed by atoms with Gasteiger partial charge in [-0.15, -0.1) is 10.2 Å². The number of hydrogen-bond donors (Lipinski definition) is 3. The summed E-state index contributed by atoms with van der Waals surface area (Å²) in [5.41, 5.74) is 11.2. The first-order chi connectivity index (χ1) is 57.0. The van der Waals surface area contributed by atoms with E-state index in [0.717, 1.165) is 38.5 Å². The van der Waals surface area contributed by atoms with Crippen molar-refractivity contribution in [2.45, 2.75) is 76.6 Å². The third-order valence-electron chi connectivity index (χ3n) is 21.8. The van der Waals surface area contributed by atoms with Crippen LogP contribution in [0.3, 0.4) is 0 Å². The Morgan fingerprint density at radius 3 is 1.17 bits per heavy atom. The van der Waals surface area contributed by atoms with Crippen LogP contribution >= 0.6 is 34.8 Å². The zero-order valence-corrected chi connectivity index (χ0v) is 70.2. The van der Waals surface area contributed by atoms with Crippen molar-refractivity contribution < 1.29 is 44.7 Å². The number of aromatic amines is 1. The lowest BCUT2D eigenvalue weighted by Crippen LogP contribution is -2.49. The fourth-order valence-corrected chi connectivity index (χ4v) is 18.8. The molecule has 32 nitrogen and oxygen atoms in total. The van der Waals surface area contributed by atoms with Crippen molar-refractivity contribution in [1.82, 2.24) is 62.9 Å². The number of nitriles is 1. The zero-order valence-electron chi connectivity index (χ0n) is 65.4. The summed E-state index contributed by atoms with van der Waals surface area (Å²) < 4.78 is 106. The predicted octanol–water partition coefficient (Wildman–Crippen LogP) is 9.30. The molecule has 7 heterocycles. The number of hydrogen-bond acceptors (Lipinski definition) is 24. The lowest BCUT2D eigenvalue weighted by atomic mass is 10.1. The number of nitrogens with two attached hydrogens (primary N) is 1. The summed E-state index contributed by atoms with van der Waals surface area (Å²) in [7, 11) is -10.8. The van der Waals surface area contributed by atoms with Crippen LogP contribution in [0.1, 0.15) is 87.1 Å². The van der Waals surface area contributed by atoms with Crippen molar-refractivity contribution in [1.29, 1.82) is 5.26 Å². The molecule has 0 spiro atoms. The topological polar surface area (TPSA) is 391 Å². The fourth-order valence-electron chi connectivity index (χ4n) is 13.8. The Labute approximate surface area is 702 Å². The van der Waals surface area contributed by atoms with E-state index in [1.807, 2.05) is 20.8 Å². The fraction of sp³-hybridized carbons (Fsp3) is 0.370. The van der Waals surface area contributed by atoms with Gasteiger partial charge in [0, 0.05) is 121 Å². The summed E-state index contributed by atoms with van der Waals surface area (Å²) in [6.45, 7) is 11.4. The average Bonchev–Trinajstić information content (AvgIpc) is 1.58. The lowest BCUT2D eigenvalue weighted by molar-refractivity contribution is 0.242. The van der Waals surface area contributed by atoms with Gasteiger partial charge in [0.05, 0.1) is 84.4 Å². The molecule has 0 radical (unpaired) electrons. The quantitative estimate of drug-likeness (QED) is 0.0197. The van der Waals surface area contributed by atoms with Gasteiger partial charge in [-0.3, -0.25) is 14.4 Å². The summed E-state index contributed by atoms with van der Waals surface area (Å²) in [5, 5.41) is 49.6. The Hall–Kier alpha value is -10.8. The van der Waals surface area contributed by atoms with Crippen molar-refractivity contribution in [3.63, 3.8) is 0 Å². The van der Waals surface area contributed by atoms with Gasteiger partial charge in [0.1, 0.15) is 17.1 Å². The van der Waals surface area contributed by atoms with Crippen molar-refractivity contribution in [2.75, 3.05) is 113 Å². The number of halogens is 3. The SMILES string of the molecule is CC1(COc2c(N3CCN(S(=O)(=O)Cc4cccc(-c5nn[nH]n5)c4)CC3)cnn(-c3cccc(Cl)c3)c2=O)CC1.CC1(COc2c(N3CCN(S(=O)(=O)Cc4cccc(/C(N)=N/O)c4)CC3)cnn(-c3cccc(Cl)c3)c2=O)CC1.CC1(COc2c(N3CCN(S(=O)(=O)Cc4cccc(C#N)c4)CC3)cnn(-c3cccc(Cl)c3)c2=O)CC1. The van der Waals surface area contributed by atoms with Crippen molar-refractivity contribution in [3.05, 3.63) is 238 Å². The van der Waals surface area contributed by atoms with E-state index in [-0.39, 0.29) is 107 Å². The number of tetrazole rings is 1. The van der Waals surface area contributed by atoms with Crippen molar-refractivity contribution in [3.8, 4) is 51.8 Å². The van der Waals surface area contributed by atoms with E-state index in [1.165, 1.54) is 27.0 Å². The van der Waals surface area contributed by atoms with Gasteiger partial charge in [-0.2, -0.15) is 52.7 Å². The minimum Gasteiger partial charge on any atom is -0.486 e. The van der Waals surface area contributed by atoms with E-state index in [4.69, 9.17) is 65.2 Å². The van der Waals surface area contributed by atoms with Gasteiger partial charge in [-0.05, 0) is 139 Å². The highest BCUT2D eigenvalue weighted by molar-refractivity contribution is 7.88. The number of benzene rings is 6. The molecule has 0 atom stereocenters. The molecule has 119 heavy (non-hydrogen) atoms. The number of piperazine rings is 3. The maximum atomic E-state index is 13.6. The van der Waals surface area contributed by atoms with E-state index in [0.29, 0.717) is 147 Å². The number of ether oxygens (including phenoxy) is 3. The number of aromatic nitrogens is 10. The molecule has 6 aliphatic rings. The third-order valence-corrected chi connectivity index (χ3v) is 28.0. The van der Waals surface area contributed by atoms with Gasteiger partial charge in [0.2, 0.25) is 53.1 Å². The Bertz CT molecular complexity index is 6020. The number of anilines is 3. The highest BCUT2D eigenvalue weighted by Crippen LogP contribution is 2.47. The molecular weight excluding hydrogens is 1650 g/mol. The third kappa shape index (κ3) is 20.7. The van der Waals surface area contributed by atoms with E-state index in [2.05, 4.69) is 61.8 Å². The highest BCUT2D eigenvalue weighted by atomic mass is 35.5. The van der Waals surface area contributed by atoms with Crippen LogP contribution in [0.4, 0.5) is 17.1 Å². The number of H-pyrrole nitrogens is 1. The molecule has 6 fully saturated rings. The molecule has 6 aromatic carbocycles. The van der Waals surface area contributed by atoms with Gasteiger partial charge in [-0.1, -0.05) is 127 Å². The number of rotatable bonds is 26. The summed E-state index contributed by atoms with van der Waals surface area (Å²) in [5.74, 6) is 0.379. The van der Waals surface area contributed by atoms with E-state index in [1.54, 1.807) is 164 Å². The molecule has 4 N–H and O–H groups in total. The second-order valence-corrected chi connectivity index (χ2v) is 38.5. The second kappa shape index (κ2) is 35.6.